The lowest BCUT2D eigenvalue weighted by atomic mass is 10.00. The predicted molar refractivity (Wildman–Crippen MR) is 90.5 cm³/mol. The maximum absolute atomic E-state index is 11.7. The largest absolute Gasteiger partial charge is 0.481 e. The molecule has 0 spiro atoms. The standard InChI is InChI=1S/C16H18N2O4S/c1-2-4-11-10(9-13-15(21)18-16(22)23-13)5-3-6-12(11)17-8-7-14(19)20/h2-6,13,17H,7-9H2,1H3,(H,19,20)(H,18,21,22)/b4-2-. The van der Waals surface area contributed by atoms with E-state index < -0.39 is 11.2 Å². The van der Waals surface area contributed by atoms with E-state index in [1.165, 1.54) is 0 Å². The van der Waals surface area contributed by atoms with E-state index in [0.29, 0.717) is 13.0 Å². The van der Waals surface area contributed by atoms with Crippen LogP contribution in [0, 0.1) is 0 Å². The van der Waals surface area contributed by atoms with E-state index in [1.807, 2.05) is 37.3 Å². The van der Waals surface area contributed by atoms with Crippen molar-refractivity contribution in [2.24, 2.45) is 0 Å². The van der Waals surface area contributed by atoms with Crippen LogP contribution in [0.3, 0.4) is 0 Å². The summed E-state index contributed by atoms with van der Waals surface area (Å²) in [5, 5.41) is 13.4. The molecule has 0 bridgehead atoms. The van der Waals surface area contributed by atoms with Gasteiger partial charge >= 0.3 is 5.97 Å². The van der Waals surface area contributed by atoms with E-state index in [4.69, 9.17) is 5.11 Å². The van der Waals surface area contributed by atoms with Crippen LogP contribution in [0.4, 0.5) is 10.5 Å². The Balaban J connectivity index is 2.19. The number of carboxylic acids is 1. The number of hydrogen-bond donors (Lipinski definition) is 3. The van der Waals surface area contributed by atoms with Crippen molar-refractivity contribution in [3.63, 3.8) is 0 Å². The molecule has 1 aromatic rings. The summed E-state index contributed by atoms with van der Waals surface area (Å²) in [5.74, 6) is -1.13. The summed E-state index contributed by atoms with van der Waals surface area (Å²) in [4.78, 5) is 33.7. The van der Waals surface area contributed by atoms with Crippen LogP contribution in [0.1, 0.15) is 24.5 Å². The molecule has 7 heteroatoms. The number of rotatable bonds is 7. The minimum atomic E-state index is -0.862. The number of nitrogens with one attached hydrogen (secondary N) is 2. The molecule has 23 heavy (non-hydrogen) atoms. The number of amides is 2. The van der Waals surface area contributed by atoms with Crippen molar-refractivity contribution in [1.82, 2.24) is 5.32 Å². The molecule has 1 aliphatic rings. The number of aliphatic carboxylic acids is 1. The Hall–Kier alpha value is -2.28. The number of carbonyl (C=O) groups excluding carboxylic acids is 2. The Morgan fingerprint density at radius 3 is 2.83 bits per heavy atom. The van der Waals surface area contributed by atoms with Crippen molar-refractivity contribution in [1.29, 1.82) is 0 Å². The zero-order valence-electron chi connectivity index (χ0n) is 12.7. The summed E-state index contributed by atoms with van der Waals surface area (Å²) in [7, 11) is 0. The van der Waals surface area contributed by atoms with Gasteiger partial charge in [0.1, 0.15) is 0 Å². The summed E-state index contributed by atoms with van der Waals surface area (Å²) >= 11 is 1.00. The fourth-order valence-corrected chi connectivity index (χ4v) is 3.19. The molecular weight excluding hydrogens is 316 g/mol. The zero-order valence-corrected chi connectivity index (χ0v) is 13.5. The minimum absolute atomic E-state index is 0.0227. The SMILES string of the molecule is C/C=C\c1c(CC2SC(=O)NC2=O)cccc1NCCC(=O)O. The minimum Gasteiger partial charge on any atom is -0.481 e. The van der Waals surface area contributed by atoms with Gasteiger partial charge in [-0.15, -0.1) is 0 Å². The smallest absolute Gasteiger partial charge is 0.305 e. The summed E-state index contributed by atoms with van der Waals surface area (Å²) in [6.07, 6.45) is 4.26. The van der Waals surface area contributed by atoms with Crippen molar-refractivity contribution < 1.29 is 19.5 Å². The Morgan fingerprint density at radius 2 is 2.22 bits per heavy atom. The highest BCUT2D eigenvalue weighted by Crippen LogP contribution is 2.28. The van der Waals surface area contributed by atoms with Gasteiger partial charge in [-0.2, -0.15) is 0 Å². The first-order valence-electron chi connectivity index (χ1n) is 7.23. The molecular formula is C16H18N2O4S. The van der Waals surface area contributed by atoms with Gasteiger partial charge in [0, 0.05) is 17.8 Å². The topological polar surface area (TPSA) is 95.5 Å². The molecule has 1 fully saturated rings. The lowest BCUT2D eigenvalue weighted by Gasteiger charge is -2.15. The van der Waals surface area contributed by atoms with Crippen LogP contribution in [-0.4, -0.2) is 34.0 Å². The Labute approximate surface area is 138 Å². The first-order valence-corrected chi connectivity index (χ1v) is 8.11. The number of imide groups is 1. The monoisotopic (exact) mass is 334 g/mol. The highest BCUT2D eigenvalue weighted by Gasteiger charge is 2.32. The molecule has 122 valence electrons. The fourth-order valence-electron chi connectivity index (χ4n) is 2.34. The Bertz CT molecular complexity index is 657. The molecule has 6 nitrogen and oxygen atoms in total. The predicted octanol–water partition coefficient (Wildman–Crippen LogP) is 2.50. The third-order valence-electron chi connectivity index (χ3n) is 3.36. The normalized spacial score (nSPS) is 17.5. The molecule has 2 amide bonds. The van der Waals surface area contributed by atoms with E-state index in [1.54, 1.807) is 0 Å². The molecule has 1 saturated heterocycles. The summed E-state index contributed by atoms with van der Waals surface area (Å²) in [6, 6.07) is 5.63. The van der Waals surface area contributed by atoms with Crippen molar-refractivity contribution in [3.8, 4) is 0 Å². The van der Waals surface area contributed by atoms with Gasteiger partial charge in [-0.1, -0.05) is 36.0 Å². The van der Waals surface area contributed by atoms with Gasteiger partial charge < -0.3 is 10.4 Å². The number of carboxylic acid groups (broad SMARTS) is 1. The van der Waals surface area contributed by atoms with E-state index in [0.717, 1.165) is 28.6 Å². The highest BCUT2D eigenvalue weighted by atomic mass is 32.2. The van der Waals surface area contributed by atoms with Crippen LogP contribution >= 0.6 is 11.8 Å². The van der Waals surface area contributed by atoms with Crippen molar-refractivity contribution in [2.75, 3.05) is 11.9 Å². The first-order chi connectivity index (χ1) is 11.0. The van der Waals surface area contributed by atoms with Gasteiger partial charge in [-0.05, 0) is 25.0 Å². The molecule has 0 aliphatic carbocycles. The zero-order chi connectivity index (χ0) is 16.8. The average molecular weight is 334 g/mol. The third kappa shape index (κ3) is 4.59. The average Bonchev–Trinajstić information content (AvgIpc) is 2.79. The molecule has 0 aromatic heterocycles. The van der Waals surface area contributed by atoms with E-state index in [-0.39, 0.29) is 17.6 Å². The molecule has 1 heterocycles. The second-order valence-corrected chi connectivity index (χ2v) is 6.21. The van der Waals surface area contributed by atoms with Gasteiger partial charge in [-0.25, -0.2) is 0 Å². The van der Waals surface area contributed by atoms with E-state index >= 15 is 0 Å². The lowest BCUT2D eigenvalue weighted by molar-refractivity contribution is -0.136. The van der Waals surface area contributed by atoms with Crippen LogP contribution in [0.2, 0.25) is 0 Å². The maximum atomic E-state index is 11.7. The number of thioether (sulfide) groups is 1. The Kier molecular flexibility index (Phi) is 5.81. The van der Waals surface area contributed by atoms with E-state index in [9.17, 15) is 14.4 Å². The first kappa shape index (κ1) is 17.1. The highest BCUT2D eigenvalue weighted by molar-refractivity contribution is 8.15. The third-order valence-corrected chi connectivity index (χ3v) is 4.34. The van der Waals surface area contributed by atoms with Crippen LogP contribution in [-0.2, 0) is 16.0 Å². The van der Waals surface area contributed by atoms with Crippen LogP contribution in [0.25, 0.3) is 6.08 Å². The molecule has 3 N–H and O–H groups in total. The maximum Gasteiger partial charge on any atom is 0.305 e. The van der Waals surface area contributed by atoms with Crippen LogP contribution < -0.4 is 10.6 Å². The lowest BCUT2D eigenvalue weighted by Crippen LogP contribution is -2.25. The quantitative estimate of drug-likeness (QED) is 0.709. The molecule has 0 saturated carbocycles. The fraction of sp³-hybridized carbons (Fsp3) is 0.312. The van der Waals surface area contributed by atoms with Gasteiger partial charge in [0.05, 0.1) is 11.7 Å². The summed E-state index contributed by atoms with van der Waals surface area (Å²) in [5.41, 5.74) is 2.66. The molecule has 2 rings (SSSR count). The molecule has 1 aliphatic heterocycles. The van der Waals surface area contributed by atoms with Crippen molar-refractivity contribution >= 4 is 40.6 Å². The number of benzene rings is 1. The summed E-state index contributed by atoms with van der Waals surface area (Å²) < 4.78 is 0. The molecule has 0 radical (unpaired) electrons. The molecule has 1 aromatic carbocycles. The number of allylic oxidation sites excluding steroid dienone is 1. The second-order valence-electron chi connectivity index (χ2n) is 5.04. The van der Waals surface area contributed by atoms with Gasteiger partial charge in [0.2, 0.25) is 5.91 Å². The number of anilines is 1. The Morgan fingerprint density at radius 1 is 1.43 bits per heavy atom. The van der Waals surface area contributed by atoms with Crippen molar-refractivity contribution in [3.05, 3.63) is 35.4 Å². The summed E-state index contributed by atoms with van der Waals surface area (Å²) in [6.45, 7) is 2.21. The van der Waals surface area contributed by atoms with Gasteiger partial charge in [0.15, 0.2) is 0 Å². The van der Waals surface area contributed by atoms with E-state index in [2.05, 4.69) is 10.6 Å². The second kappa shape index (κ2) is 7.82. The molecule has 1 atom stereocenters. The van der Waals surface area contributed by atoms with Gasteiger partial charge in [0.25, 0.3) is 5.24 Å². The number of hydrogen-bond acceptors (Lipinski definition) is 5. The number of carbonyl (C=O) groups is 3. The van der Waals surface area contributed by atoms with Gasteiger partial charge in [-0.3, -0.25) is 19.7 Å². The molecule has 1 unspecified atom stereocenters. The van der Waals surface area contributed by atoms with Crippen molar-refractivity contribution in [2.45, 2.75) is 25.0 Å². The van der Waals surface area contributed by atoms with Crippen LogP contribution in [0.5, 0.6) is 0 Å². The van der Waals surface area contributed by atoms with Crippen LogP contribution in [0.15, 0.2) is 24.3 Å².